The predicted octanol–water partition coefficient (Wildman–Crippen LogP) is 10.5. The van der Waals surface area contributed by atoms with Crippen molar-refractivity contribution in [2.24, 2.45) is 0 Å². The number of nitrogens with zero attached hydrogens (tertiary/aromatic N) is 21. The van der Waals surface area contributed by atoms with Gasteiger partial charge < -0.3 is 65.8 Å². The van der Waals surface area contributed by atoms with Gasteiger partial charge in [0, 0.05) is 135 Å². The number of fused-ring (bicyclic) bond motifs is 9. The maximum absolute atomic E-state index is 15.2. The summed E-state index contributed by atoms with van der Waals surface area (Å²) in [4.78, 5) is 33.1. The number of alkyl halides is 3. The molecule has 13 aromatic rings. The molecule has 9 aromatic heterocycles. The molecule has 6 unspecified atom stereocenters. The summed E-state index contributed by atoms with van der Waals surface area (Å²) in [7, 11) is 5.78. The van der Waals surface area contributed by atoms with E-state index in [0.717, 1.165) is 33.9 Å². The van der Waals surface area contributed by atoms with Crippen LogP contribution in [0.1, 0.15) is 107 Å². The van der Waals surface area contributed by atoms with Gasteiger partial charge in [-0.2, -0.15) is 32.7 Å². The Morgan fingerprint density at radius 3 is 1.16 bits per heavy atom. The highest BCUT2D eigenvalue weighted by Gasteiger charge is 2.37. The highest BCUT2D eigenvalue weighted by molar-refractivity contribution is 7.93. The average Bonchev–Trinajstić information content (AvgIpc) is 1.63. The van der Waals surface area contributed by atoms with Gasteiger partial charge in [0.05, 0.1) is 117 Å². The fourth-order valence-electron chi connectivity index (χ4n) is 14.5. The zero-order valence-electron chi connectivity index (χ0n) is 65.4. The minimum absolute atomic E-state index is 0.0526. The van der Waals surface area contributed by atoms with Gasteiger partial charge in [-0.1, -0.05) is 6.07 Å². The lowest BCUT2D eigenvalue weighted by molar-refractivity contribution is 0.0571. The minimum Gasteiger partial charge on any atom is -0.497 e. The molecular formula is C76H91F7N24O7S. The van der Waals surface area contributed by atoms with Crippen LogP contribution in [0, 0.1) is 24.4 Å². The Kier molecular flexibility index (Phi) is 23.6. The van der Waals surface area contributed by atoms with Crippen LogP contribution in [0.3, 0.4) is 0 Å². The molecule has 8 N–H and O–H groups in total. The summed E-state index contributed by atoms with van der Waals surface area (Å²) in [6.07, 6.45) is 9.16. The number of aryl methyl sites for hydroxylation is 1. The Labute approximate surface area is 659 Å². The Balaban J connectivity index is 0.000000149. The number of ether oxygens (including phenoxy) is 4. The topological polar surface area (TPSA) is 354 Å². The van der Waals surface area contributed by atoms with Crippen LogP contribution in [-0.2, 0) is 26.2 Å². The third-order valence-corrected chi connectivity index (χ3v) is 19.6. The van der Waals surface area contributed by atoms with Gasteiger partial charge in [0.25, 0.3) is 0 Å². The maximum atomic E-state index is 15.2. The number of hydrogen-bond acceptors (Lipinski definition) is 26. The van der Waals surface area contributed by atoms with Crippen molar-refractivity contribution in [3.8, 4) is 23.0 Å². The molecule has 39 heteroatoms. The van der Waals surface area contributed by atoms with Gasteiger partial charge >= 0.3 is 0 Å². The third-order valence-electron chi connectivity index (χ3n) is 19.6. The SMILES string of the molecule is COc1cc2nc(N)n3nc(C4CC(F)CN(c5cnn(CC(C)(C)O)c5)C4)nc3c2cc1F.COc1cc2nc(N)n3nc(C4CC(F)CN(c5cnn(CC(C)(C)O)c5)C4)nc3c2cc1F.COc1ccc(CNc2nc3cc(OC)c(F)cc3c3nc(C4CC(F)CN(c5cnn(CC(C)(C)O)c5)C4)nn23)c(C)c1.CSF. The van der Waals surface area contributed by atoms with Crippen LogP contribution in [0.2, 0.25) is 0 Å². The highest BCUT2D eigenvalue weighted by atomic mass is 32.2. The lowest BCUT2D eigenvalue weighted by Crippen LogP contribution is -2.41. The number of hydrogen-bond donors (Lipinski definition) is 6. The average molecular weight is 1620 g/mol. The molecular weight excluding hydrogens is 1530 g/mol. The number of nitrogens with two attached hydrogens (primary N) is 2. The summed E-state index contributed by atoms with van der Waals surface area (Å²) in [5.74, 6) is 0.164. The van der Waals surface area contributed by atoms with E-state index in [1.54, 1.807) is 104 Å². The molecule has 4 aromatic carbocycles. The lowest BCUT2D eigenvalue weighted by atomic mass is 9.96. The van der Waals surface area contributed by atoms with Crippen LogP contribution in [0.15, 0.2) is 91.8 Å². The first-order valence-corrected chi connectivity index (χ1v) is 38.0. The summed E-state index contributed by atoms with van der Waals surface area (Å²) in [6, 6.07) is 14.2. The van der Waals surface area contributed by atoms with Crippen LogP contribution in [-0.4, -0.2) is 213 Å². The number of halogens is 7. The number of benzene rings is 4. The Hall–Kier alpha value is -11.3. The van der Waals surface area contributed by atoms with Gasteiger partial charge in [-0.3, -0.25) is 14.0 Å². The van der Waals surface area contributed by atoms with E-state index in [-0.39, 0.29) is 97.9 Å². The van der Waals surface area contributed by atoms with E-state index in [4.69, 9.17) is 45.5 Å². The fraction of sp³-hybridized carbons (Fsp3) is 0.447. The van der Waals surface area contributed by atoms with Crippen molar-refractivity contribution in [3.63, 3.8) is 0 Å². The molecule has 0 radical (unpaired) electrons. The molecule has 612 valence electrons. The van der Waals surface area contributed by atoms with Crippen molar-refractivity contribution >= 4 is 96.7 Å². The molecule has 0 saturated carbocycles. The van der Waals surface area contributed by atoms with Crippen molar-refractivity contribution in [1.29, 1.82) is 0 Å². The standard InChI is InChI=1S/C31H36F2N8O3.2C22H26F2N8O2.CH3FS/c1-18-8-23(43-4)7-6-19(18)12-34-30-36-26-11-27(44-5)25(33)10-24(26)29-37-28(38-41(29)30)20-9-21(32)15-39(14-20)22-13-35-40(16-22)17-31(2,3)42;2*1-22(2,33)11-31-10-14(7-26-31)30-8-12(4-13(23)9-30)19-28-20-15-5-16(24)18(34-3)6-17(15)27-21(25)32(20)29-19;1-3-2/h6-8,10-11,13,16,20-21,42H,9,12,14-15,17H2,1-5H3,(H,34,36);2*5-7,10,12-13,33H,4,8-9,11H2,1-3H3,(H2,25,27);1H3. The van der Waals surface area contributed by atoms with E-state index < -0.39 is 52.8 Å². The molecule has 0 amide bonds. The smallest absolute Gasteiger partial charge is 0.226 e. The molecule has 3 saturated heterocycles. The third kappa shape index (κ3) is 18.6. The number of rotatable bonds is 19. The molecule has 31 nitrogen and oxygen atoms in total. The molecule has 12 heterocycles. The number of piperidine rings is 3. The largest absolute Gasteiger partial charge is 0.497 e. The first-order valence-electron chi connectivity index (χ1n) is 36.9. The molecule has 0 bridgehead atoms. The first-order chi connectivity index (χ1) is 54.6. The number of nitrogens with one attached hydrogen (secondary N) is 1. The number of methoxy groups -OCH3 is 4. The summed E-state index contributed by atoms with van der Waals surface area (Å²) in [6.45, 7) is 15.6. The zero-order chi connectivity index (χ0) is 82.3. The van der Waals surface area contributed by atoms with Crippen molar-refractivity contribution in [2.45, 2.75) is 147 Å². The maximum Gasteiger partial charge on any atom is 0.226 e. The summed E-state index contributed by atoms with van der Waals surface area (Å²) in [5.41, 5.74) is 16.2. The lowest BCUT2D eigenvalue weighted by Gasteiger charge is -2.34. The highest BCUT2D eigenvalue weighted by Crippen LogP contribution is 2.38. The number of anilines is 6. The molecule has 16 rings (SSSR count). The summed E-state index contributed by atoms with van der Waals surface area (Å²) < 4.78 is 128. The predicted molar refractivity (Wildman–Crippen MR) is 422 cm³/mol. The normalized spacial score (nSPS) is 18.2. The summed E-state index contributed by atoms with van der Waals surface area (Å²) >= 11 is 0.250. The van der Waals surface area contributed by atoms with E-state index in [2.05, 4.69) is 50.7 Å². The molecule has 115 heavy (non-hydrogen) atoms. The van der Waals surface area contributed by atoms with E-state index >= 15 is 4.39 Å². The number of aliphatic hydroxyl groups is 3. The van der Waals surface area contributed by atoms with Crippen LogP contribution in [0.5, 0.6) is 23.0 Å². The molecule has 3 aliphatic rings. The van der Waals surface area contributed by atoms with Gasteiger partial charge in [-0.05, 0) is 109 Å². The first kappa shape index (κ1) is 81.7. The molecule has 0 aliphatic carbocycles. The summed E-state index contributed by atoms with van der Waals surface area (Å²) in [5, 5.41) is 61.7. The van der Waals surface area contributed by atoms with Crippen LogP contribution < -0.4 is 50.4 Å². The van der Waals surface area contributed by atoms with Crippen LogP contribution in [0.4, 0.5) is 65.1 Å². The zero-order valence-corrected chi connectivity index (χ0v) is 66.2. The second kappa shape index (κ2) is 33.3. The monoisotopic (exact) mass is 1620 g/mol. The van der Waals surface area contributed by atoms with Crippen LogP contribution >= 0.6 is 12.1 Å². The van der Waals surface area contributed by atoms with Gasteiger partial charge in [-0.25, -0.2) is 56.2 Å². The Morgan fingerprint density at radius 1 is 0.487 bits per heavy atom. The fourth-order valence-corrected chi connectivity index (χ4v) is 14.5. The number of aromatic nitrogens is 18. The number of nitrogen functional groups attached to an aromatic ring is 2. The second-order valence-electron chi connectivity index (χ2n) is 30.7. The van der Waals surface area contributed by atoms with Crippen molar-refractivity contribution in [2.75, 3.05) is 105 Å². The van der Waals surface area contributed by atoms with E-state index in [1.165, 1.54) is 73.0 Å². The van der Waals surface area contributed by atoms with E-state index in [9.17, 15) is 41.2 Å². The minimum atomic E-state index is -1.12. The Morgan fingerprint density at radius 2 is 0.826 bits per heavy atom. The van der Waals surface area contributed by atoms with Crippen molar-refractivity contribution in [3.05, 3.63) is 138 Å². The molecule has 3 aliphatic heterocycles. The quantitative estimate of drug-likeness (QED) is 0.0410. The Bertz CT molecular complexity index is 5440. The van der Waals surface area contributed by atoms with Crippen molar-refractivity contribution < 1.29 is 64.5 Å². The van der Waals surface area contributed by atoms with Gasteiger partial charge in [0.1, 0.15) is 24.3 Å². The molecule has 6 atom stereocenters. The van der Waals surface area contributed by atoms with Gasteiger partial charge in [0.2, 0.25) is 17.8 Å². The van der Waals surface area contributed by atoms with Crippen molar-refractivity contribution in [1.82, 2.24) is 88.1 Å². The van der Waals surface area contributed by atoms with E-state index in [1.807, 2.05) is 39.8 Å². The van der Waals surface area contributed by atoms with Crippen LogP contribution in [0.25, 0.3) is 49.7 Å². The molecule has 0 spiro atoms. The van der Waals surface area contributed by atoms with Gasteiger partial charge in [0.15, 0.2) is 69.1 Å². The van der Waals surface area contributed by atoms with E-state index in [0.29, 0.717) is 119 Å². The van der Waals surface area contributed by atoms with Gasteiger partial charge in [-0.15, -0.1) is 15.3 Å². The second-order valence-corrected chi connectivity index (χ2v) is 31.0. The molecule has 3 fully saturated rings.